The van der Waals surface area contributed by atoms with Gasteiger partial charge in [0.05, 0.1) is 29.8 Å². The highest BCUT2D eigenvalue weighted by atomic mass is 35.5. The number of carbonyl (C=O) groups excluding carboxylic acids is 1. The van der Waals surface area contributed by atoms with E-state index in [0.29, 0.717) is 61.8 Å². The number of benzene rings is 2. The van der Waals surface area contributed by atoms with Gasteiger partial charge in [-0.15, -0.1) is 0 Å². The topological polar surface area (TPSA) is 108 Å². The van der Waals surface area contributed by atoms with Gasteiger partial charge in [-0.3, -0.25) is 4.79 Å². The Morgan fingerprint density at radius 3 is 2.64 bits per heavy atom. The zero-order chi connectivity index (χ0) is 22.8. The lowest BCUT2D eigenvalue weighted by molar-refractivity contribution is 0.0211. The highest BCUT2D eigenvalue weighted by molar-refractivity contribution is 6.33. The molecule has 1 amide bonds. The van der Waals surface area contributed by atoms with E-state index in [-0.39, 0.29) is 11.9 Å². The van der Waals surface area contributed by atoms with Crippen LogP contribution in [0.5, 0.6) is 0 Å². The molecule has 10 heteroatoms. The fraction of sp³-hybridized carbons (Fsp3) is 0.304. The molecule has 2 saturated heterocycles. The molecule has 2 fully saturated rings. The van der Waals surface area contributed by atoms with Crippen molar-refractivity contribution in [2.75, 3.05) is 49.6 Å². The van der Waals surface area contributed by atoms with Crippen LogP contribution in [0.25, 0.3) is 11.5 Å². The zero-order valence-corrected chi connectivity index (χ0v) is 18.6. The number of carbonyl (C=O) groups is 1. The van der Waals surface area contributed by atoms with Crippen molar-refractivity contribution in [1.29, 1.82) is 5.41 Å². The van der Waals surface area contributed by atoms with Gasteiger partial charge < -0.3 is 29.8 Å². The molecule has 33 heavy (non-hydrogen) atoms. The van der Waals surface area contributed by atoms with E-state index in [1.54, 1.807) is 17.0 Å². The first kappa shape index (κ1) is 21.4. The van der Waals surface area contributed by atoms with Gasteiger partial charge in [-0.05, 0) is 29.4 Å². The third kappa shape index (κ3) is 4.42. The van der Waals surface area contributed by atoms with Gasteiger partial charge in [0.25, 0.3) is 17.7 Å². The van der Waals surface area contributed by atoms with Crippen LogP contribution in [-0.4, -0.2) is 72.6 Å². The van der Waals surface area contributed by atoms with E-state index >= 15 is 0 Å². The number of hydrogen-bond donors (Lipinski definition) is 2. The molecule has 0 atom stereocenters. The summed E-state index contributed by atoms with van der Waals surface area (Å²) in [7, 11) is 0. The molecule has 0 aliphatic carbocycles. The summed E-state index contributed by atoms with van der Waals surface area (Å²) in [6.45, 7) is 3.57. The third-order valence-electron chi connectivity index (χ3n) is 5.82. The Morgan fingerprint density at radius 1 is 1.15 bits per heavy atom. The summed E-state index contributed by atoms with van der Waals surface area (Å²) in [6.07, 6.45) is 1.31. The molecular formula is C23H23ClN6O3. The summed E-state index contributed by atoms with van der Waals surface area (Å²) in [5, 5.41) is 15.6. The van der Waals surface area contributed by atoms with Crippen molar-refractivity contribution in [3.8, 4) is 11.5 Å². The lowest BCUT2D eigenvalue weighted by Gasteiger charge is -2.34. The fourth-order valence-corrected chi connectivity index (χ4v) is 4.07. The molecule has 3 aromatic rings. The summed E-state index contributed by atoms with van der Waals surface area (Å²) >= 11 is 6.18. The van der Waals surface area contributed by atoms with E-state index in [1.165, 1.54) is 6.21 Å². The Balaban J connectivity index is 1.26. The van der Waals surface area contributed by atoms with Crippen molar-refractivity contribution in [1.82, 2.24) is 15.0 Å². The molecule has 0 unspecified atom stereocenters. The maximum Gasteiger partial charge on any atom is 0.266 e. The van der Waals surface area contributed by atoms with Gasteiger partial charge in [0.15, 0.2) is 0 Å². The smallest absolute Gasteiger partial charge is 0.266 e. The number of ether oxygens (including phenoxy) is 1. The van der Waals surface area contributed by atoms with Crippen LogP contribution in [0.4, 0.5) is 11.6 Å². The van der Waals surface area contributed by atoms with Crippen LogP contribution in [0, 0.1) is 5.41 Å². The van der Waals surface area contributed by atoms with Gasteiger partial charge in [-0.2, -0.15) is 4.98 Å². The average molecular weight is 467 g/mol. The second-order valence-electron chi connectivity index (χ2n) is 7.98. The molecular weight excluding hydrogens is 444 g/mol. The molecule has 9 nitrogen and oxygen atoms in total. The van der Waals surface area contributed by atoms with Crippen LogP contribution in [0.1, 0.15) is 15.9 Å². The summed E-state index contributed by atoms with van der Waals surface area (Å²) < 4.78 is 10.7. The molecule has 2 N–H and O–H groups in total. The van der Waals surface area contributed by atoms with Gasteiger partial charge in [0.1, 0.15) is 0 Å². The van der Waals surface area contributed by atoms with E-state index in [4.69, 9.17) is 26.3 Å². The Labute approximate surface area is 195 Å². The van der Waals surface area contributed by atoms with Gasteiger partial charge in [0.2, 0.25) is 0 Å². The SMILES string of the molecule is N=Cc1ccc(-c2nc(N3CCN(C(=O)c4ccccc4Cl)CC3)no2)cc1NC1COC1. The molecule has 2 aliphatic rings. The van der Waals surface area contributed by atoms with Crippen molar-refractivity contribution in [3.63, 3.8) is 0 Å². The van der Waals surface area contributed by atoms with Crippen molar-refractivity contribution in [2.45, 2.75) is 6.04 Å². The van der Waals surface area contributed by atoms with E-state index in [1.807, 2.05) is 35.2 Å². The van der Waals surface area contributed by atoms with Crippen molar-refractivity contribution < 1.29 is 14.1 Å². The number of rotatable bonds is 6. The highest BCUT2D eigenvalue weighted by Gasteiger charge is 2.26. The van der Waals surface area contributed by atoms with E-state index in [0.717, 1.165) is 16.8 Å². The predicted molar refractivity (Wildman–Crippen MR) is 125 cm³/mol. The fourth-order valence-electron chi connectivity index (χ4n) is 3.86. The van der Waals surface area contributed by atoms with Gasteiger partial charge >= 0.3 is 0 Å². The first-order chi connectivity index (χ1) is 16.1. The van der Waals surface area contributed by atoms with E-state index < -0.39 is 0 Å². The van der Waals surface area contributed by atoms with Crippen LogP contribution >= 0.6 is 11.6 Å². The Kier molecular flexibility index (Phi) is 5.97. The number of piperazine rings is 1. The monoisotopic (exact) mass is 466 g/mol. The second kappa shape index (κ2) is 9.21. The van der Waals surface area contributed by atoms with Gasteiger partial charge in [-0.25, -0.2) is 0 Å². The minimum absolute atomic E-state index is 0.0720. The van der Waals surface area contributed by atoms with Crippen LogP contribution in [0.3, 0.4) is 0 Å². The predicted octanol–water partition coefficient (Wildman–Crippen LogP) is 3.16. The Morgan fingerprint density at radius 2 is 1.94 bits per heavy atom. The van der Waals surface area contributed by atoms with Crippen LogP contribution in [-0.2, 0) is 4.74 Å². The van der Waals surface area contributed by atoms with Crippen LogP contribution in [0.2, 0.25) is 5.02 Å². The third-order valence-corrected chi connectivity index (χ3v) is 6.15. The first-order valence-electron chi connectivity index (χ1n) is 10.7. The summed E-state index contributed by atoms with van der Waals surface area (Å²) in [5.41, 5.74) is 2.90. The molecule has 170 valence electrons. The number of nitrogens with one attached hydrogen (secondary N) is 2. The zero-order valence-electron chi connectivity index (χ0n) is 17.8. The largest absolute Gasteiger partial charge is 0.377 e. The minimum Gasteiger partial charge on any atom is -0.377 e. The summed E-state index contributed by atoms with van der Waals surface area (Å²) in [6, 6.07) is 13.0. The molecule has 0 saturated carbocycles. The maximum absolute atomic E-state index is 12.8. The van der Waals surface area contributed by atoms with E-state index in [2.05, 4.69) is 15.5 Å². The number of nitrogens with zero attached hydrogens (tertiary/aromatic N) is 4. The molecule has 2 aromatic carbocycles. The van der Waals surface area contributed by atoms with Gasteiger partial charge in [-0.1, -0.05) is 29.8 Å². The number of anilines is 2. The lowest BCUT2D eigenvalue weighted by Crippen LogP contribution is -2.49. The normalized spacial score (nSPS) is 16.4. The van der Waals surface area contributed by atoms with E-state index in [9.17, 15) is 4.79 Å². The highest BCUT2D eigenvalue weighted by Crippen LogP contribution is 2.27. The van der Waals surface area contributed by atoms with Crippen molar-refractivity contribution in [3.05, 3.63) is 58.6 Å². The average Bonchev–Trinajstić information content (AvgIpc) is 3.32. The van der Waals surface area contributed by atoms with Crippen molar-refractivity contribution >= 4 is 35.4 Å². The van der Waals surface area contributed by atoms with Crippen LogP contribution in [0.15, 0.2) is 47.0 Å². The molecule has 1 aromatic heterocycles. The first-order valence-corrected chi connectivity index (χ1v) is 11.1. The molecule has 5 rings (SSSR count). The number of aromatic nitrogens is 2. The van der Waals surface area contributed by atoms with Crippen molar-refractivity contribution in [2.24, 2.45) is 0 Å². The van der Waals surface area contributed by atoms with Crippen LogP contribution < -0.4 is 10.2 Å². The standard InChI is InChI=1S/C23H23ClN6O3/c24-19-4-2-1-3-18(19)22(31)29-7-9-30(10-8-29)23-27-21(33-28-23)15-5-6-16(12-25)20(11-15)26-17-13-32-14-17/h1-6,11-12,17,25-26H,7-10,13-14H2. The summed E-state index contributed by atoms with van der Waals surface area (Å²) in [5.74, 6) is 0.828. The number of hydrogen-bond acceptors (Lipinski definition) is 8. The number of halogens is 1. The van der Waals surface area contributed by atoms with Gasteiger partial charge in [0, 0.05) is 49.2 Å². The Bertz CT molecular complexity index is 1170. The molecule has 0 bridgehead atoms. The lowest BCUT2D eigenvalue weighted by atomic mass is 10.1. The minimum atomic E-state index is -0.0720. The molecule has 0 spiro atoms. The number of amides is 1. The maximum atomic E-state index is 12.8. The quantitative estimate of drug-likeness (QED) is 0.537. The molecule has 3 heterocycles. The summed E-state index contributed by atoms with van der Waals surface area (Å²) in [4.78, 5) is 21.1. The molecule has 0 radical (unpaired) electrons. The Hall–Kier alpha value is -3.43. The molecule has 2 aliphatic heterocycles. The second-order valence-corrected chi connectivity index (χ2v) is 8.39.